The molecule has 0 aliphatic carbocycles. The van der Waals surface area contributed by atoms with Crippen LogP contribution in [0.5, 0.6) is 0 Å². The molecule has 0 N–H and O–H groups in total. The summed E-state index contributed by atoms with van der Waals surface area (Å²) in [6.07, 6.45) is 0. The van der Waals surface area contributed by atoms with Crippen LogP contribution in [0, 0.1) is 0 Å². The Morgan fingerprint density at radius 3 is 2.40 bits per heavy atom. The van der Waals surface area contributed by atoms with Crippen molar-refractivity contribution in [2.45, 2.75) is 19.9 Å². The van der Waals surface area contributed by atoms with Crippen LogP contribution in [-0.4, -0.2) is 25.7 Å². The second-order valence-electron chi connectivity index (χ2n) is 3.63. The summed E-state index contributed by atoms with van der Waals surface area (Å²) in [5, 5.41) is 0. The maximum atomic E-state index is 11.2. The van der Waals surface area contributed by atoms with Crippen LogP contribution >= 0.6 is 0 Å². The van der Waals surface area contributed by atoms with Gasteiger partial charge in [0.1, 0.15) is 6.54 Å². The van der Waals surface area contributed by atoms with Crippen molar-refractivity contribution in [3.63, 3.8) is 0 Å². The van der Waals surface area contributed by atoms with Crippen LogP contribution in [0.3, 0.4) is 0 Å². The van der Waals surface area contributed by atoms with Gasteiger partial charge >= 0.3 is 5.97 Å². The molecule has 1 rings (SSSR count). The normalized spacial score (nSPS) is 10.1. The van der Waals surface area contributed by atoms with Crippen molar-refractivity contribution in [2.75, 3.05) is 18.6 Å². The van der Waals surface area contributed by atoms with Crippen LogP contribution < -0.4 is 4.90 Å². The SMILES string of the molecule is COC(=O)CN(c1ccccc1)C(C)C. The maximum absolute atomic E-state index is 11.2. The van der Waals surface area contributed by atoms with Crippen molar-refractivity contribution in [3.05, 3.63) is 30.3 Å². The molecule has 0 fully saturated rings. The number of hydrogen-bond donors (Lipinski definition) is 0. The van der Waals surface area contributed by atoms with Crippen molar-refractivity contribution in [2.24, 2.45) is 0 Å². The third-order valence-electron chi connectivity index (χ3n) is 2.24. The van der Waals surface area contributed by atoms with Crippen molar-refractivity contribution in [1.29, 1.82) is 0 Å². The molecule has 82 valence electrons. The fourth-order valence-electron chi connectivity index (χ4n) is 1.40. The van der Waals surface area contributed by atoms with Crippen LogP contribution in [0.2, 0.25) is 0 Å². The zero-order valence-electron chi connectivity index (χ0n) is 9.43. The summed E-state index contributed by atoms with van der Waals surface area (Å²) in [4.78, 5) is 13.2. The first-order valence-electron chi connectivity index (χ1n) is 5.03. The molecule has 15 heavy (non-hydrogen) atoms. The Bertz CT molecular complexity index is 309. The lowest BCUT2D eigenvalue weighted by molar-refractivity contribution is -0.139. The summed E-state index contributed by atoms with van der Waals surface area (Å²) >= 11 is 0. The molecule has 0 unspecified atom stereocenters. The fourth-order valence-corrected chi connectivity index (χ4v) is 1.40. The van der Waals surface area contributed by atoms with E-state index < -0.39 is 0 Å². The first-order valence-corrected chi connectivity index (χ1v) is 5.03. The van der Waals surface area contributed by atoms with Gasteiger partial charge in [0.15, 0.2) is 0 Å². The number of para-hydroxylation sites is 1. The van der Waals surface area contributed by atoms with E-state index in [1.54, 1.807) is 0 Å². The van der Waals surface area contributed by atoms with Gasteiger partial charge in [0.2, 0.25) is 0 Å². The molecule has 3 heteroatoms. The summed E-state index contributed by atoms with van der Waals surface area (Å²) in [7, 11) is 1.41. The van der Waals surface area contributed by atoms with Crippen molar-refractivity contribution in [1.82, 2.24) is 0 Å². The zero-order valence-corrected chi connectivity index (χ0v) is 9.43. The highest BCUT2D eigenvalue weighted by atomic mass is 16.5. The van der Waals surface area contributed by atoms with Crippen LogP contribution in [0.1, 0.15) is 13.8 Å². The monoisotopic (exact) mass is 207 g/mol. The molecule has 0 radical (unpaired) electrons. The first kappa shape index (κ1) is 11.6. The second-order valence-corrected chi connectivity index (χ2v) is 3.63. The van der Waals surface area contributed by atoms with Crippen molar-refractivity contribution in [3.8, 4) is 0 Å². The second kappa shape index (κ2) is 5.39. The van der Waals surface area contributed by atoms with E-state index in [1.165, 1.54) is 7.11 Å². The molecule has 3 nitrogen and oxygen atoms in total. The van der Waals surface area contributed by atoms with Gasteiger partial charge in [0, 0.05) is 11.7 Å². The molecule has 0 heterocycles. The predicted molar refractivity (Wildman–Crippen MR) is 60.9 cm³/mol. The topological polar surface area (TPSA) is 29.5 Å². The van der Waals surface area contributed by atoms with Gasteiger partial charge in [-0.1, -0.05) is 18.2 Å². The van der Waals surface area contributed by atoms with Crippen LogP contribution in [-0.2, 0) is 9.53 Å². The highest BCUT2D eigenvalue weighted by Gasteiger charge is 2.14. The average Bonchev–Trinajstić information content (AvgIpc) is 2.26. The standard InChI is InChI=1S/C12H17NO2/c1-10(2)13(9-12(14)15-3)11-7-5-4-6-8-11/h4-8,10H,9H2,1-3H3. The first-order chi connectivity index (χ1) is 7.15. The Morgan fingerprint density at radius 2 is 1.93 bits per heavy atom. The van der Waals surface area contributed by atoms with E-state index in [0.29, 0.717) is 0 Å². The summed E-state index contributed by atoms with van der Waals surface area (Å²) in [5.74, 6) is -0.215. The smallest absolute Gasteiger partial charge is 0.325 e. The van der Waals surface area contributed by atoms with Gasteiger partial charge in [-0.25, -0.2) is 0 Å². The molecule has 0 aromatic heterocycles. The third-order valence-corrected chi connectivity index (χ3v) is 2.24. The summed E-state index contributed by atoms with van der Waals surface area (Å²) in [5.41, 5.74) is 1.04. The fraction of sp³-hybridized carbons (Fsp3) is 0.417. The van der Waals surface area contributed by atoms with Gasteiger partial charge in [-0.15, -0.1) is 0 Å². The summed E-state index contributed by atoms with van der Waals surface area (Å²) in [6.45, 7) is 4.39. The van der Waals surface area contributed by atoms with E-state index in [-0.39, 0.29) is 18.6 Å². The molecule has 0 aliphatic rings. The quantitative estimate of drug-likeness (QED) is 0.708. The molecule has 0 atom stereocenters. The lowest BCUT2D eigenvalue weighted by atomic mass is 10.2. The number of methoxy groups -OCH3 is 1. The Hall–Kier alpha value is -1.51. The van der Waals surface area contributed by atoms with Gasteiger partial charge in [-0.3, -0.25) is 4.79 Å². The highest BCUT2D eigenvalue weighted by Crippen LogP contribution is 2.15. The number of benzene rings is 1. The van der Waals surface area contributed by atoms with E-state index in [9.17, 15) is 4.79 Å². The number of nitrogens with zero attached hydrogens (tertiary/aromatic N) is 1. The molecule has 0 spiro atoms. The molecule has 0 saturated carbocycles. The van der Waals surface area contributed by atoms with E-state index in [1.807, 2.05) is 35.2 Å². The number of rotatable bonds is 4. The number of carbonyl (C=O) groups is 1. The van der Waals surface area contributed by atoms with Crippen molar-refractivity contribution >= 4 is 11.7 Å². The van der Waals surface area contributed by atoms with Crippen LogP contribution in [0.4, 0.5) is 5.69 Å². The number of ether oxygens (including phenoxy) is 1. The van der Waals surface area contributed by atoms with Crippen molar-refractivity contribution < 1.29 is 9.53 Å². The number of carbonyl (C=O) groups excluding carboxylic acids is 1. The Kier molecular flexibility index (Phi) is 4.16. The summed E-state index contributed by atoms with van der Waals surface area (Å²) in [6, 6.07) is 10.1. The largest absolute Gasteiger partial charge is 0.468 e. The third kappa shape index (κ3) is 3.27. The van der Waals surface area contributed by atoms with Gasteiger partial charge in [0.25, 0.3) is 0 Å². The maximum Gasteiger partial charge on any atom is 0.325 e. The van der Waals surface area contributed by atoms with Crippen LogP contribution in [0.25, 0.3) is 0 Å². The van der Waals surface area contributed by atoms with E-state index in [0.717, 1.165) is 5.69 Å². The number of esters is 1. The van der Waals surface area contributed by atoms with Gasteiger partial charge in [-0.2, -0.15) is 0 Å². The van der Waals surface area contributed by atoms with Gasteiger partial charge in [0.05, 0.1) is 7.11 Å². The van der Waals surface area contributed by atoms with Crippen LogP contribution in [0.15, 0.2) is 30.3 Å². The van der Waals surface area contributed by atoms with E-state index in [2.05, 4.69) is 18.6 Å². The van der Waals surface area contributed by atoms with E-state index in [4.69, 9.17) is 0 Å². The average molecular weight is 207 g/mol. The summed E-state index contributed by atoms with van der Waals surface area (Å²) < 4.78 is 4.67. The molecule has 0 saturated heterocycles. The zero-order chi connectivity index (χ0) is 11.3. The number of hydrogen-bond acceptors (Lipinski definition) is 3. The molecular formula is C12H17NO2. The Balaban J connectivity index is 2.79. The highest BCUT2D eigenvalue weighted by molar-refractivity contribution is 5.75. The molecule has 0 bridgehead atoms. The minimum absolute atomic E-state index is 0.215. The molecular weight excluding hydrogens is 190 g/mol. The molecule has 1 aromatic rings. The lowest BCUT2D eigenvalue weighted by Gasteiger charge is -2.27. The van der Waals surface area contributed by atoms with E-state index >= 15 is 0 Å². The predicted octanol–water partition coefficient (Wildman–Crippen LogP) is 2.07. The minimum Gasteiger partial charge on any atom is -0.468 e. The molecule has 1 aromatic carbocycles. The van der Waals surface area contributed by atoms with Gasteiger partial charge < -0.3 is 9.64 Å². The Morgan fingerprint density at radius 1 is 1.33 bits per heavy atom. The minimum atomic E-state index is -0.215. The Labute approximate surface area is 90.7 Å². The molecule has 0 amide bonds. The lowest BCUT2D eigenvalue weighted by Crippen LogP contribution is -2.36. The number of anilines is 1. The molecule has 0 aliphatic heterocycles. The van der Waals surface area contributed by atoms with Gasteiger partial charge in [-0.05, 0) is 26.0 Å².